The van der Waals surface area contributed by atoms with Crippen LogP contribution in [0.4, 0.5) is 0 Å². The third-order valence-corrected chi connectivity index (χ3v) is 5.46. The molecule has 0 bridgehead atoms. The second-order valence-electron chi connectivity index (χ2n) is 8.04. The molecular weight excluding hydrogens is 360 g/mol. The van der Waals surface area contributed by atoms with Crippen molar-refractivity contribution in [1.82, 2.24) is 0 Å². The highest BCUT2D eigenvalue weighted by molar-refractivity contribution is 6.04. The second kappa shape index (κ2) is 17.1. The number of allylic oxidation sites excluding steroid dienone is 2. The molecule has 0 aliphatic carbocycles. The summed E-state index contributed by atoms with van der Waals surface area (Å²) in [6.07, 6.45) is 23.6. The van der Waals surface area contributed by atoms with Gasteiger partial charge in [-0.15, -0.1) is 0 Å². The molecule has 0 heterocycles. The molecule has 0 unspecified atom stereocenters. The fourth-order valence-corrected chi connectivity index (χ4v) is 3.57. The van der Waals surface area contributed by atoms with Gasteiger partial charge in [0.2, 0.25) is 0 Å². The van der Waals surface area contributed by atoms with Gasteiger partial charge >= 0.3 is 0 Å². The molecule has 1 aromatic carbocycles. The molecule has 0 aromatic heterocycles. The number of methoxy groups -OCH3 is 1. The quantitative estimate of drug-likeness (QED) is 0.154. The van der Waals surface area contributed by atoms with Crippen molar-refractivity contribution >= 4 is 5.78 Å². The van der Waals surface area contributed by atoms with Crippen LogP contribution in [0, 0.1) is 0 Å². The highest BCUT2D eigenvalue weighted by Crippen LogP contribution is 2.26. The van der Waals surface area contributed by atoms with Crippen LogP contribution in [-0.2, 0) is 0 Å². The number of rotatable bonds is 18. The van der Waals surface area contributed by atoms with E-state index in [2.05, 4.69) is 6.92 Å². The Kier molecular flexibility index (Phi) is 14.9. The molecule has 1 aromatic rings. The van der Waals surface area contributed by atoms with Crippen LogP contribution < -0.4 is 4.74 Å². The Labute approximate surface area is 178 Å². The van der Waals surface area contributed by atoms with E-state index in [1.165, 1.54) is 96.6 Å². The summed E-state index contributed by atoms with van der Waals surface area (Å²) < 4.78 is 5.04. The van der Waals surface area contributed by atoms with Crippen LogP contribution in [0.1, 0.15) is 114 Å². The van der Waals surface area contributed by atoms with E-state index in [-0.39, 0.29) is 11.5 Å². The smallest absolute Gasteiger partial charge is 0.185 e. The van der Waals surface area contributed by atoms with E-state index >= 15 is 0 Å². The molecule has 0 fully saturated rings. The van der Waals surface area contributed by atoms with Gasteiger partial charge in [-0.1, -0.05) is 96.5 Å². The Morgan fingerprint density at radius 3 is 1.90 bits per heavy atom. The van der Waals surface area contributed by atoms with E-state index in [9.17, 15) is 9.90 Å². The summed E-state index contributed by atoms with van der Waals surface area (Å²) >= 11 is 0. The van der Waals surface area contributed by atoms with Gasteiger partial charge in [0, 0.05) is 5.56 Å². The average Bonchev–Trinajstić information content (AvgIpc) is 2.73. The van der Waals surface area contributed by atoms with E-state index in [4.69, 9.17) is 4.74 Å². The Bertz CT molecular complexity index is 577. The molecular formula is C26H42O3. The van der Waals surface area contributed by atoms with Crippen LogP contribution in [0.25, 0.3) is 0 Å². The van der Waals surface area contributed by atoms with Crippen LogP contribution in [0.3, 0.4) is 0 Å². The zero-order valence-corrected chi connectivity index (χ0v) is 18.8. The van der Waals surface area contributed by atoms with Crippen molar-refractivity contribution in [2.45, 2.75) is 103 Å². The van der Waals surface area contributed by atoms with Crippen molar-refractivity contribution in [3.8, 4) is 11.5 Å². The van der Waals surface area contributed by atoms with Crippen LogP contribution in [0.2, 0.25) is 0 Å². The summed E-state index contributed by atoms with van der Waals surface area (Å²) in [5.74, 6) is 0.334. The van der Waals surface area contributed by atoms with E-state index in [1.54, 1.807) is 18.2 Å². The summed E-state index contributed by atoms with van der Waals surface area (Å²) in [6.45, 7) is 2.27. The summed E-state index contributed by atoms with van der Waals surface area (Å²) in [7, 11) is 1.48. The predicted molar refractivity (Wildman–Crippen MR) is 123 cm³/mol. The first kappa shape index (κ1) is 25.3. The van der Waals surface area contributed by atoms with Crippen molar-refractivity contribution in [2.24, 2.45) is 0 Å². The number of hydrogen-bond acceptors (Lipinski definition) is 3. The molecule has 0 aliphatic heterocycles. The number of hydrogen-bond donors (Lipinski definition) is 1. The van der Waals surface area contributed by atoms with E-state index < -0.39 is 0 Å². The van der Waals surface area contributed by atoms with Crippen molar-refractivity contribution in [1.29, 1.82) is 0 Å². The molecule has 0 spiro atoms. The van der Waals surface area contributed by atoms with Gasteiger partial charge in [-0.25, -0.2) is 0 Å². The number of benzene rings is 1. The molecule has 0 radical (unpaired) electrons. The normalized spacial score (nSPS) is 11.2. The number of aromatic hydroxyl groups is 1. The van der Waals surface area contributed by atoms with Crippen molar-refractivity contribution < 1.29 is 14.6 Å². The lowest BCUT2D eigenvalue weighted by molar-refractivity contribution is 0.104. The number of phenolic OH excluding ortho intramolecular Hbond substituents is 1. The third-order valence-electron chi connectivity index (χ3n) is 5.46. The van der Waals surface area contributed by atoms with Gasteiger partial charge in [-0.05, 0) is 37.1 Å². The lowest BCUT2D eigenvalue weighted by Gasteiger charge is -2.04. The zero-order chi connectivity index (χ0) is 21.2. The van der Waals surface area contributed by atoms with Crippen LogP contribution in [-0.4, -0.2) is 18.0 Å². The summed E-state index contributed by atoms with van der Waals surface area (Å²) in [5, 5.41) is 9.59. The minimum atomic E-state index is -0.0475. The average molecular weight is 403 g/mol. The summed E-state index contributed by atoms with van der Waals surface area (Å²) in [6, 6.07) is 4.69. The van der Waals surface area contributed by atoms with Gasteiger partial charge < -0.3 is 9.84 Å². The minimum Gasteiger partial charge on any atom is -0.504 e. The molecule has 0 aliphatic rings. The molecule has 3 nitrogen and oxygen atoms in total. The predicted octanol–water partition coefficient (Wildman–Crippen LogP) is 8.01. The SMILES string of the molecule is CCCCCCCCCCCCCCCC/C=C/C(=O)c1ccc(O)c(OC)c1. The second-order valence-corrected chi connectivity index (χ2v) is 8.04. The molecule has 1 N–H and O–H groups in total. The summed E-state index contributed by atoms with van der Waals surface area (Å²) in [5.41, 5.74) is 0.539. The first-order chi connectivity index (χ1) is 14.2. The van der Waals surface area contributed by atoms with Crippen molar-refractivity contribution in [3.63, 3.8) is 0 Å². The first-order valence-corrected chi connectivity index (χ1v) is 11.8. The van der Waals surface area contributed by atoms with Crippen LogP contribution >= 0.6 is 0 Å². The van der Waals surface area contributed by atoms with Gasteiger partial charge in [0.15, 0.2) is 17.3 Å². The van der Waals surface area contributed by atoms with Crippen molar-refractivity contribution in [3.05, 3.63) is 35.9 Å². The standard InChI is InChI=1S/C26H42O3/c1-3-4-5-6-7-8-9-10-11-12-13-14-15-16-17-18-19-24(27)23-20-21-25(28)26(22-23)29-2/h18-22,28H,3-17H2,1-2H3/b19-18+. The lowest BCUT2D eigenvalue weighted by atomic mass is 10.0. The van der Waals surface area contributed by atoms with E-state index in [0.717, 1.165) is 12.8 Å². The lowest BCUT2D eigenvalue weighted by Crippen LogP contribution is -1.95. The number of carbonyl (C=O) groups is 1. The topological polar surface area (TPSA) is 46.5 Å². The molecule has 164 valence electrons. The van der Waals surface area contributed by atoms with E-state index in [0.29, 0.717) is 11.3 Å². The summed E-state index contributed by atoms with van der Waals surface area (Å²) in [4.78, 5) is 12.1. The molecule has 0 atom stereocenters. The number of ether oxygens (including phenoxy) is 1. The maximum absolute atomic E-state index is 12.1. The molecule has 1 rings (SSSR count). The monoisotopic (exact) mass is 402 g/mol. The Morgan fingerprint density at radius 2 is 1.38 bits per heavy atom. The molecule has 0 amide bonds. The highest BCUT2D eigenvalue weighted by atomic mass is 16.5. The number of carbonyl (C=O) groups excluding carboxylic acids is 1. The number of phenols is 1. The molecule has 29 heavy (non-hydrogen) atoms. The van der Waals surface area contributed by atoms with Gasteiger partial charge in [-0.2, -0.15) is 0 Å². The largest absolute Gasteiger partial charge is 0.504 e. The van der Waals surface area contributed by atoms with Gasteiger partial charge in [0.05, 0.1) is 7.11 Å². The van der Waals surface area contributed by atoms with Crippen molar-refractivity contribution in [2.75, 3.05) is 7.11 Å². The Morgan fingerprint density at radius 1 is 0.862 bits per heavy atom. The third kappa shape index (κ3) is 12.4. The fourth-order valence-electron chi connectivity index (χ4n) is 3.57. The fraction of sp³-hybridized carbons (Fsp3) is 0.654. The first-order valence-electron chi connectivity index (χ1n) is 11.8. The zero-order valence-electron chi connectivity index (χ0n) is 18.8. The Hall–Kier alpha value is -1.77. The van der Waals surface area contributed by atoms with Crippen LogP contribution in [0.15, 0.2) is 30.4 Å². The van der Waals surface area contributed by atoms with Gasteiger partial charge in [0.25, 0.3) is 0 Å². The molecule has 3 heteroatoms. The van der Waals surface area contributed by atoms with Gasteiger partial charge in [0.1, 0.15) is 0 Å². The maximum Gasteiger partial charge on any atom is 0.185 e. The number of unbranched alkanes of at least 4 members (excludes halogenated alkanes) is 14. The minimum absolute atomic E-state index is 0.0475. The van der Waals surface area contributed by atoms with Gasteiger partial charge in [-0.3, -0.25) is 4.79 Å². The van der Waals surface area contributed by atoms with Crippen LogP contribution in [0.5, 0.6) is 11.5 Å². The Balaban J connectivity index is 1.96. The highest BCUT2D eigenvalue weighted by Gasteiger charge is 2.07. The molecule has 0 saturated heterocycles. The molecule has 0 saturated carbocycles. The maximum atomic E-state index is 12.1. The number of ketones is 1. The van der Waals surface area contributed by atoms with E-state index in [1.807, 2.05) is 6.08 Å².